The molecule has 30 heavy (non-hydrogen) atoms. The zero-order valence-corrected chi connectivity index (χ0v) is 18.2. The SMILES string of the molecule is Cc1cc2c(cc1C)N(CCOc1cc(C(=O)O)cc(C(=O)O)c1)C(C)(C)CC2C. The van der Waals surface area contributed by atoms with Crippen molar-refractivity contribution in [2.24, 2.45) is 0 Å². The molecule has 6 heteroatoms. The lowest BCUT2D eigenvalue weighted by atomic mass is 9.79. The van der Waals surface area contributed by atoms with Gasteiger partial charge in [0.1, 0.15) is 12.4 Å². The Labute approximate surface area is 177 Å². The van der Waals surface area contributed by atoms with Gasteiger partial charge in [-0.2, -0.15) is 0 Å². The molecule has 0 aliphatic carbocycles. The summed E-state index contributed by atoms with van der Waals surface area (Å²) in [6, 6.07) is 8.36. The summed E-state index contributed by atoms with van der Waals surface area (Å²) in [5.74, 6) is -1.67. The van der Waals surface area contributed by atoms with Gasteiger partial charge in [-0.05, 0) is 81.0 Å². The number of carboxylic acids is 2. The summed E-state index contributed by atoms with van der Waals surface area (Å²) in [4.78, 5) is 25.0. The molecule has 1 atom stereocenters. The van der Waals surface area contributed by atoms with Crippen molar-refractivity contribution >= 4 is 17.6 Å². The normalized spacial score (nSPS) is 17.4. The highest BCUT2D eigenvalue weighted by Gasteiger charge is 2.36. The third kappa shape index (κ3) is 4.27. The molecule has 0 radical (unpaired) electrons. The highest BCUT2D eigenvalue weighted by molar-refractivity contribution is 5.94. The first-order chi connectivity index (χ1) is 14.0. The second kappa shape index (κ2) is 8.01. The lowest BCUT2D eigenvalue weighted by molar-refractivity contribution is 0.0696. The van der Waals surface area contributed by atoms with E-state index in [0.717, 1.165) is 12.5 Å². The second-order valence-electron chi connectivity index (χ2n) is 8.77. The highest BCUT2D eigenvalue weighted by Crippen LogP contribution is 2.44. The zero-order chi connectivity index (χ0) is 22.2. The number of fused-ring (bicyclic) bond motifs is 1. The molecule has 6 nitrogen and oxygen atoms in total. The van der Waals surface area contributed by atoms with Crippen molar-refractivity contribution in [1.29, 1.82) is 0 Å². The molecule has 2 aromatic rings. The molecule has 0 spiro atoms. The molecular formula is C24H29NO5. The summed E-state index contributed by atoms with van der Waals surface area (Å²) in [5, 5.41) is 18.5. The molecule has 1 unspecified atom stereocenters. The molecule has 0 bridgehead atoms. The first-order valence-corrected chi connectivity index (χ1v) is 10.1. The molecule has 1 aliphatic heterocycles. The average molecular weight is 411 g/mol. The summed E-state index contributed by atoms with van der Waals surface area (Å²) in [7, 11) is 0. The fraction of sp³-hybridized carbons (Fsp3) is 0.417. The van der Waals surface area contributed by atoms with Gasteiger partial charge in [-0.3, -0.25) is 0 Å². The van der Waals surface area contributed by atoms with E-state index in [1.807, 2.05) is 0 Å². The van der Waals surface area contributed by atoms with E-state index in [1.165, 1.54) is 34.5 Å². The molecule has 0 aromatic heterocycles. The van der Waals surface area contributed by atoms with Crippen LogP contribution >= 0.6 is 0 Å². The van der Waals surface area contributed by atoms with Crippen LogP contribution in [0.4, 0.5) is 5.69 Å². The van der Waals surface area contributed by atoms with Crippen molar-refractivity contribution in [1.82, 2.24) is 0 Å². The van der Waals surface area contributed by atoms with Crippen molar-refractivity contribution in [3.63, 3.8) is 0 Å². The van der Waals surface area contributed by atoms with Gasteiger partial charge in [-0.15, -0.1) is 0 Å². The Morgan fingerprint density at radius 2 is 1.60 bits per heavy atom. The van der Waals surface area contributed by atoms with Gasteiger partial charge in [0.25, 0.3) is 0 Å². The van der Waals surface area contributed by atoms with Crippen molar-refractivity contribution in [2.75, 3.05) is 18.1 Å². The monoisotopic (exact) mass is 411 g/mol. The zero-order valence-electron chi connectivity index (χ0n) is 18.2. The van der Waals surface area contributed by atoms with E-state index >= 15 is 0 Å². The van der Waals surface area contributed by atoms with Gasteiger partial charge in [-0.1, -0.05) is 13.0 Å². The minimum Gasteiger partial charge on any atom is -0.492 e. The lowest BCUT2D eigenvalue weighted by Gasteiger charge is -2.47. The molecule has 1 heterocycles. The third-order valence-corrected chi connectivity index (χ3v) is 5.99. The summed E-state index contributed by atoms with van der Waals surface area (Å²) in [6.07, 6.45) is 1.01. The van der Waals surface area contributed by atoms with E-state index in [1.54, 1.807) is 0 Å². The second-order valence-corrected chi connectivity index (χ2v) is 8.77. The number of aromatic carboxylic acids is 2. The van der Waals surface area contributed by atoms with Crippen LogP contribution in [0.2, 0.25) is 0 Å². The Hall–Kier alpha value is -3.02. The number of carboxylic acid groups (broad SMARTS) is 2. The maximum absolute atomic E-state index is 11.3. The molecule has 0 amide bonds. The van der Waals surface area contributed by atoms with Gasteiger partial charge in [-0.25, -0.2) is 9.59 Å². The number of ether oxygens (including phenoxy) is 1. The fourth-order valence-corrected chi connectivity index (χ4v) is 4.35. The highest BCUT2D eigenvalue weighted by atomic mass is 16.5. The molecule has 1 aliphatic rings. The van der Waals surface area contributed by atoms with Gasteiger partial charge in [0, 0.05) is 11.2 Å². The molecule has 160 valence electrons. The first-order valence-electron chi connectivity index (χ1n) is 10.1. The minimum atomic E-state index is -1.19. The molecule has 0 fully saturated rings. The lowest BCUT2D eigenvalue weighted by Crippen LogP contribution is -2.50. The maximum Gasteiger partial charge on any atom is 0.335 e. The van der Waals surface area contributed by atoms with Gasteiger partial charge in [0.15, 0.2) is 0 Å². The molecule has 3 rings (SSSR count). The quantitative estimate of drug-likeness (QED) is 0.705. The predicted molar refractivity (Wildman–Crippen MR) is 116 cm³/mol. The Kier molecular flexibility index (Phi) is 5.79. The van der Waals surface area contributed by atoms with E-state index in [2.05, 4.69) is 51.7 Å². The van der Waals surface area contributed by atoms with Crippen molar-refractivity contribution in [2.45, 2.75) is 52.5 Å². The summed E-state index contributed by atoms with van der Waals surface area (Å²) in [6.45, 7) is 11.9. The summed E-state index contributed by atoms with van der Waals surface area (Å²) in [5.41, 5.74) is 4.79. The van der Waals surface area contributed by atoms with Gasteiger partial charge in [0.05, 0.1) is 17.7 Å². The standard InChI is InChI=1S/C24H29NO5/c1-14-8-20-16(3)13-24(4,5)25(21(20)9-15(14)2)6-7-30-19-11-17(22(26)27)10-18(12-19)23(28)29/h8-12,16H,6-7,13H2,1-5H3,(H,26,27)(H,28,29). The number of anilines is 1. The van der Waals surface area contributed by atoms with Crippen LogP contribution in [0.15, 0.2) is 30.3 Å². The number of nitrogens with zero attached hydrogens (tertiary/aromatic N) is 1. The van der Waals surface area contributed by atoms with Crippen LogP contribution in [0.3, 0.4) is 0 Å². The van der Waals surface area contributed by atoms with E-state index in [0.29, 0.717) is 19.1 Å². The van der Waals surface area contributed by atoms with Crippen LogP contribution < -0.4 is 9.64 Å². The van der Waals surface area contributed by atoms with Crippen LogP contribution in [0.5, 0.6) is 5.75 Å². The smallest absolute Gasteiger partial charge is 0.335 e. The predicted octanol–water partition coefficient (Wildman–Crippen LogP) is 4.87. The molecular weight excluding hydrogens is 382 g/mol. The third-order valence-electron chi connectivity index (χ3n) is 5.99. The summed E-state index contributed by atoms with van der Waals surface area (Å²) >= 11 is 0. The van der Waals surface area contributed by atoms with E-state index < -0.39 is 11.9 Å². The number of carbonyl (C=O) groups is 2. The Balaban J connectivity index is 1.84. The molecule has 2 aromatic carbocycles. The largest absolute Gasteiger partial charge is 0.492 e. The van der Waals surface area contributed by atoms with Gasteiger partial charge in [0.2, 0.25) is 0 Å². The van der Waals surface area contributed by atoms with Crippen molar-refractivity contribution < 1.29 is 24.5 Å². The molecule has 0 saturated carbocycles. The van der Waals surface area contributed by atoms with Crippen LogP contribution in [0.25, 0.3) is 0 Å². The number of hydrogen-bond acceptors (Lipinski definition) is 4. The van der Waals surface area contributed by atoms with Gasteiger partial charge >= 0.3 is 11.9 Å². The van der Waals surface area contributed by atoms with E-state index in [9.17, 15) is 19.8 Å². The van der Waals surface area contributed by atoms with Gasteiger partial charge < -0.3 is 19.8 Å². The minimum absolute atomic E-state index is 0.0629. The fourth-order valence-electron chi connectivity index (χ4n) is 4.35. The number of hydrogen-bond donors (Lipinski definition) is 2. The van der Waals surface area contributed by atoms with Crippen molar-refractivity contribution in [3.8, 4) is 5.75 Å². The molecule has 2 N–H and O–H groups in total. The maximum atomic E-state index is 11.3. The van der Waals surface area contributed by atoms with E-state index in [-0.39, 0.29) is 22.4 Å². The number of aryl methyl sites for hydroxylation is 2. The van der Waals surface area contributed by atoms with E-state index in [4.69, 9.17) is 4.74 Å². The number of benzene rings is 2. The van der Waals surface area contributed by atoms with Crippen LogP contribution in [-0.4, -0.2) is 40.8 Å². The summed E-state index contributed by atoms with van der Waals surface area (Å²) < 4.78 is 5.81. The number of rotatable bonds is 6. The Morgan fingerprint density at radius 3 is 2.17 bits per heavy atom. The van der Waals surface area contributed by atoms with Crippen molar-refractivity contribution in [3.05, 3.63) is 58.1 Å². The Morgan fingerprint density at radius 1 is 1.03 bits per heavy atom. The average Bonchev–Trinajstić information content (AvgIpc) is 2.65. The van der Waals surface area contributed by atoms with Crippen LogP contribution in [0.1, 0.15) is 70.5 Å². The molecule has 0 saturated heterocycles. The first kappa shape index (κ1) is 21.7. The van der Waals surface area contributed by atoms with Crippen LogP contribution in [0, 0.1) is 13.8 Å². The topological polar surface area (TPSA) is 87.1 Å². The van der Waals surface area contributed by atoms with Crippen LogP contribution in [-0.2, 0) is 0 Å². The Bertz CT molecular complexity index is 963.